The third kappa shape index (κ3) is 5.30. The van der Waals surface area contributed by atoms with E-state index in [1.807, 2.05) is 24.3 Å². The number of hydrogen-bond donors (Lipinski definition) is 1. The first kappa shape index (κ1) is 22.1. The molecule has 2 aromatic carbocycles. The van der Waals surface area contributed by atoms with Crippen molar-refractivity contribution in [2.75, 3.05) is 6.61 Å². The maximum Gasteiger partial charge on any atom is 0.341 e. The monoisotopic (exact) mass is 603 g/mol. The molecular weight excluding hydrogens is 594 g/mol. The molecule has 0 saturated carbocycles. The summed E-state index contributed by atoms with van der Waals surface area (Å²) in [6.07, 6.45) is 1.53. The second kappa shape index (κ2) is 9.46. The van der Waals surface area contributed by atoms with E-state index in [-0.39, 0.29) is 22.4 Å². The Labute approximate surface area is 195 Å². The number of amides is 2. The second-order valence-corrected chi connectivity index (χ2v) is 9.47. The molecule has 2 aromatic rings. The van der Waals surface area contributed by atoms with Crippen LogP contribution in [0.5, 0.6) is 5.75 Å². The largest absolute Gasteiger partial charge is 0.480 e. The number of rotatable bonds is 6. The molecule has 1 aliphatic heterocycles. The number of carboxylic acids is 1. The van der Waals surface area contributed by atoms with E-state index in [1.165, 1.54) is 11.0 Å². The highest BCUT2D eigenvalue weighted by atomic mass is 79.9. The van der Waals surface area contributed by atoms with Gasteiger partial charge in [0.05, 0.1) is 15.9 Å². The van der Waals surface area contributed by atoms with Crippen molar-refractivity contribution in [3.63, 3.8) is 0 Å². The minimum absolute atomic E-state index is 0.147. The van der Waals surface area contributed by atoms with Crippen molar-refractivity contribution in [1.82, 2.24) is 4.90 Å². The number of hydrogen-bond acceptors (Lipinski definition) is 5. The Kier molecular flexibility index (Phi) is 7.20. The molecule has 0 radical (unpaired) electrons. The lowest BCUT2D eigenvalue weighted by atomic mass is 10.1. The fraction of sp³-hybridized carbons (Fsp3) is 0.105. The zero-order valence-electron chi connectivity index (χ0n) is 14.5. The standard InChI is InChI=1S/C19H12Br3NO5S/c20-12-5-11(17(14(22)7-12)28-9-16(24)25)6-15-18(26)23(19(27)29-15)8-10-3-1-2-4-13(10)21/h1-7H,8-9H2,(H,24,25)/b15-6-. The lowest BCUT2D eigenvalue weighted by Crippen LogP contribution is -2.27. The van der Waals surface area contributed by atoms with E-state index in [2.05, 4.69) is 47.8 Å². The van der Waals surface area contributed by atoms with Crippen LogP contribution in [-0.2, 0) is 16.1 Å². The molecule has 1 saturated heterocycles. The summed E-state index contributed by atoms with van der Waals surface area (Å²) < 4.78 is 7.39. The average Bonchev–Trinajstić information content (AvgIpc) is 2.90. The lowest BCUT2D eigenvalue weighted by molar-refractivity contribution is -0.139. The van der Waals surface area contributed by atoms with Crippen LogP contribution in [0.3, 0.4) is 0 Å². The quantitative estimate of drug-likeness (QED) is 0.427. The van der Waals surface area contributed by atoms with Gasteiger partial charge in [0.15, 0.2) is 6.61 Å². The van der Waals surface area contributed by atoms with Gasteiger partial charge in [-0.3, -0.25) is 14.5 Å². The van der Waals surface area contributed by atoms with E-state index >= 15 is 0 Å². The number of carboxylic acid groups (broad SMARTS) is 1. The van der Waals surface area contributed by atoms with Crippen LogP contribution in [0, 0.1) is 0 Å². The van der Waals surface area contributed by atoms with Crippen LogP contribution in [-0.4, -0.2) is 33.7 Å². The van der Waals surface area contributed by atoms with Crippen molar-refractivity contribution in [3.05, 3.63) is 65.8 Å². The van der Waals surface area contributed by atoms with Crippen LogP contribution in [0.15, 0.2) is 54.7 Å². The van der Waals surface area contributed by atoms with E-state index in [9.17, 15) is 14.4 Å². The van der Waals surface area contributed by atoms with Crippen LogP contribution in [0.2, 0.25) is 0 Å². The van der Waals surface area contributed by atoms with E-state index in [4.69, 9.17) is 9.84 Å². The number of imide groups is 1. The number of carbonyl (C=O) groups excluding carboxylic acids is 2. The number of ether oxygens (including phenoxy) is 1. The maximum absolute atomic E-state index is 12.8. The first-order chi connectivity index (χ1) is 13.8. The molecule has 3 rings (SSSR count). The van der Waals surface area contributed by atoms with Gasteiger partial charge in [-0.25, -0.2) is 4.79 Å². The first-order valence-electron chi connectivity index (χ1n) is 8.08. The third-order valence-electron chi connectivity index (χ3n) is 3.82. The van der Waals surface area contributed by atoms with Crippen molar-refractivity contribution < 1.29 is 24.2 Å². The SMILES string of the molecule is O=C(O)COc1c(Br)cc(Br)cc1/C=C1\SC(=O)N(Cc2ccccc2Br)C1=O. The highest BCUT2D eigenvalue weighted by Gasteiger charge is 2.35. The van der Waals surface area contributed by atoms with E-state index < -0.39 is 18.5 Å². The summed E-state index contributed by atoms with van der Waals surface area (Å²) in [4.78, 5) is 37.5. The van der Waals surface area contributed by atoms with Crippen molar-refractivity contribution >= 4 is 82.7 Å². The van der Waals surface area contributed by atoms with Crippen molar-refractivity contribution in [2.45, 2.75) is 6.54 Å². The number of nitrogens with zero attached hydrogens (tertiary/aromatic N) is 1. The van der Waals surface area contributed by atoms with Crippen molar-refractivity contribution in [3.8, 4) is 5.75 Å². The summed E-state index contributed by atoms with van der Waals surface area (Å²) in [5.74, 6) is -1.27. The van der Waals surface area contributed by atoms with Gasteiger partial charge in [0.2, 0.25) is 0 Å². The number of thioether (sulfide) groups is 1. The summed E-state index contributed by atoms with van der Waals surface area (Å²) >= 11 is 10.9. The predicted molar refractivity (Wildman–Crippen MR) is 121 cm³/mol. The Hall–Kier alpha value is -1.62. The summed E-state index contributed by atoms with van der Waals surface area (Å²) in [5, 5.41) is 8.52. The Morgan fingerprint density at radius 3 is 2.55 bits per heavy atom. The zero-order chi connectivity index (χ0) is 21.1. The minimum Gasteiger partial charge on any atom is -0.480 e. The topological polar surface area (TPSA) is 83.9 Å². The molecule has 1 heterocycles. The van der Waals surface area contributed by atoms with Gasteiger partial charge >= 0.3 is 5.97 Å². The fourth-order valence-electron chi connectivity index (χ4n) is 2.55. The minimum atomic E-state index is -1.13. The van der Waals surface area contributed by atoms with Crippen LogP contribution >= 0.6 is 59.6 Å². The Morgan fingerprint density at radius 2 is 1.86 bits per heavy atom. The molecule has 0 spiro atoms. The van der Waals surface area contributed by atoms with Crippen LogP contribution < -0.4 is 4.74 Å². The van der Waals surface area contributed by atoms with E-state index in [0.717, 1.165) is 21.8 Å². The third-order valence-corrected chi connectivity index (χ3v) is 6.55. The molecule has 150 valence electrons. The zero-order valence-corrected chi connectivity index (χ0v) is 20.1. The average molecular weight is 606 g/mol. The Bertz CT molecular complexity index is 1040. The molecule has 2 amide bonds. The van der Waals surface area contributed by atoms with Gasteiger partial charge in [0.25, 0.3) is 11.1 Å². The van der Waals surface area contributed by atoms with Crippen LogP contribution in [0.4, 0.5) is 4.79 Å². The molecule has 1 N–H and O–H groups in total. The predicted octanol–water partition coefficient (Wildman–Crippen LogP) is 5.67. The van der Waals surface area contributed by atoms with Gasteiger partial charge in [-0.1, -0.05) is 50.1 Å². The normalized spacial score (nSPS) is 15.3. The molecule has 0 bridgehead atoms. The number of halogens is 3. The van der Waals surface area contributed by atoms with Gasteiger partial charge < -0.3 is 9.84 Å². The van der Waals surface area contributed by atoms with E-state index in [0.29, 0.717) is 14.5 Å². The molecule has 1 aliphatic rings. The molecule has 0 unspecified atom stereocenters. The smallest absolute Gasteiger partial charge is 0.341 e. The lowest BCUT2D eigenvalue weighted by Gasteiger charge is -2.13. The summed E-state index contributed by atoms with van der Waals surface area (Å²) in [6, 6.07) is 10.7. The highest BCUT2D eigenvalue weighted by Crippen LogP contribution is 2.39. The molecule has 1 fully saturated rings. The highest BCUT2D eigenvalue weighted by molar-refractivity contribution is 9.11. The molecule has 10 heteroatoms. The van der Waals surface area contributed by atoms with Gasteiger partial charge in [-0.15, -0.1) is 0 Å². The molecular formula is C19H12Br3NO5S. The van der Waals surface area contributed by atoms with Crippen LogP contribution in [0.25, 0.3) is 6.08 Å². The van der Waals surface area contributed by atoms with Gasteiger partial charge in [0.1, 0.15) is 5.75 Å². The maximum atomic E-state index is 12.8. The fourth-order valence-corrected chi connectivity index (χ4v) is 5.16. The molecule has 0 aliphatic carbocycles. The first-order valence-corrected chi connectivity index (χ1v) is 11.3. The molecule has 29 heavy (non-hydrogen) atoms. The Morgan fingerprint density at radius 1 is 1.14 bits per heavy atom. The van der Waals surface area contributed by atoms with Gasteiger partial charge in [-0.2, -0.15) is 0 Å². The van der Waals surface area contributed by atoms with Crippen molar-refractivity contribution in [1.29, 1.82) is 0 Å². The van der Waals surface area contributed by atoms with Gasteiger partial charge in [-0.05, 0) is 57.5 Å². The molecule has 0 aromatic heterocycles. The molecule has 6 nitrogen and oxygen atoms in total. The van der Waals surface area contributed by atoms with Crippen molar-refractivity contribution in [2.24, 2.45) is 0 Å². The summed E-state index contributed by atoms with van der Waals surface area (Å²) in [5.41, 5.74) is 1.28. The van der Waals surface area contributed by atoms with E-state index in [1.54, 1.807) is 12.1 Å². The number of benzene rings is 2. The molecule has 0 atom stereocenters. The summed E-state index contributed by atoms with van der Waals surface area (Å²) in [7, 11) is 0. The second-order valence-electron chi connectivity index (χ2n) is 5.85. The summed E-state index contributed by atoms with van der Waals surface area (Å²) in [6.45, 7) is -0.390. The van der Waals surface area contributed by atoms with Crippen LogP contribution in [0.1, 0.15) is 11.1 Å². The van der Waals surface area contributed by atoms with Gasteiger partial charge in [0, 0.05) is 14.5 Å². The Balaban J connectivity index is 1.91. The number of carbonyl (C=O) groups is 3. The number of aliphatic carboxylic acids is 1.